The number of ketones is 1. The van der Waals surface area contributed by atoms with Gasteiger partial charge < -0.3 is 0 Å². The minimum Gasteiger partial charge on any atom is -0.299 e. The molecule has 86 valence electrons. The van der Waals surface area contributed by atoms with E-state index in [1.165, 1.54) is 5.56 Å². The number of benzene rings is 1. The lowest BCUT2D eigenvalue weighted by molar-refractivity contribution is -0.122. The third-order valence-electron chi connectivity index (χ3n) is 3.60. The van der Waals surface area contributed by atoms with Gasteiger partial charge >= 0.3 is 0 Å². The number of hydrogen-bond donors (Lipinski definition) is 0. The van der Waals surface area contributed by atoms with Crippen molar-refractivity contribution < 1.29 is 4.79 Å². The summed E-state index contributed by atoms with van der Waals surface area (Å²) in [5.74, 6) is 1.05. The van der Waals surface area contributed by atoms with Crippen LogP contribution in [-0.2, 0) is 10.2 Å². The molecule has 1 unspecified atom stereocenters. The number of alkyl halides is 1. The molecule has 16 heavy (non-hydrogen) atoms. The van der Waals surface area contributed by atoms with E-state index < -0.39 is 0 Å². The Morgan fingerprint density at radius 1 is 1.25 bits per heavy atom. The Kier molecular flexibility index (Phi) is 3.65. The van der Waals surface area contributed by atoms with Gasteiger partial charge in [-0.3, -0.25) is 4.79 Å². The summed E-state index contributed by atoms with van der Waals surface area (Å²) >= 11 is 5.77. The average Bonchev–Trinajstić information content (AvgIpc) is 2.70. The van der Waals surface area contributed by atoms with Crippen LogP contribution in [0.1, 0.15) is 37.7 Å². The van der Waals surface area contributed by atoms with Crippen LogP contribution in [-0.4, -0.2) is 11.7 Å². The molecule has 1 aromatic rings. The van der Waals surface area contributed by atoms with Gasteiger partial charge in [0.2, 0.25) is 0 Å². The van der Waals surface area contributed by atoms with Gasteiger partial charge in [0.05, 0.1) is 5.41 Å². The highest BCUT2D eigenvalue weighted by molar-refractivity contribution is 6.17. The van der Waals surface area contributed by atoms with Crippen molar-refractivity contribution in [3.05, 3.63) is 35.9 Å². The zero-order valence-electron chi connectivity index (χ0n) is 9.42. The summed E-state index contributed by atoms with van der Waals surface area (Å²) in [5, 5.41) is 0. The van der Waals surface area contributed by atoms with Crippen molar-refractivity contribution in [2.24, 2.45) is 0 Å². The summed E-state index contributed by atoms with van der Waals surface area (Å²) in [6.45, 7) is 0. The molecule has 0 spiro atoms. The van der Waals surface area contributed by atoms with E-state index in [9.17, 15) is 4.79 Å². The first-order valence-electron chi connectivity index (χ1n) is 5.94. The smallest absolute Gasteiger partial charge is 0.143 e. The Morgan fingerprint density at radius 3 is 2.56 bits per heavy atom. The largest absolute Gasteiger partial charge is 0.299 e. The van der Waals surface area contributed by atoms with Crippen LogP contribution in [0.15, 0.2) is 30.3 Å². The lowest BCUT2D eigenvalue weighted by atomic mass is 9.75. The van der Waals surface area contributed by atoms with Crippen molar-refractivity contribution >= 4 is 17.4 Å². The average molecular weight is 237 g/mol. The normalized spacial score (nSPS) is 24.9. The molecule has 1 aliphatic rings. The van der Waals surface area contributed by atoms with Crippen molar-refractivity contribution in [2.45, 2.75) is 37.5 Å². The van der Waals surface area contributed by atoms with Crippen LogP contribution in [0.25, 0.3) is 0 Å². The standard InChI is InChI=1S/C14H17ClO/c15-11-5-10-14(9-4-8-13(14)16)12-6-2-1-3-7-12/h1-3,6-7H,4-5,8-11H2. The fourth-order valence-electron chi connectivity index (χ4n) is 2.77. The van der Waals surface area contributed by atoms with E-state index in [1.807, 2.05) is 18.2 Å². The maximum absolute atomic E-state index is 12.2. The lowest BCUT2D eigenvalue weighted by Gasteiger charge is -2.27. The summed E-state index contributed by atoms with van der Waals surface area (Å²) in [6.07, 6.45) is 4.57. The van der Waals surface area contributed by atoms with Crippen molar-refractivity contribution in [3.63, 3.8) is 0 Å². The Morgan fingerprint density at radius 2 is 2.00 bits per heavy atom. The zero-order valence-corrected chi connectivity index (χ0v) is 10.2. The van der Waals surface area contributed by atoms with Gasteiger partial charge in [0.25, 0.3) is 0 Å². The summed E-state index contributed by atoms with van der Waals surface area (Å²) < 4.78 is 0. The van der Waals surface area contributed by atoms with E-state index in [1.54, 1.807) is 0 Å². The van der Waals surface area contributed by atoms with Crippen LogP contribution in [0.3, 0.4) is 0 Å². The van der Waals surface area contributed by atoms with Gasteiger partial charge in [-0.25, -0.2) is 0 Å². The predicted octanol–water partition coefficient (Wildman–Crippen LogP) is 3.70. The van der Waals surface area contributed by atoms with Gasteiger partial charge in [-0.15, -0.1) is 11.6 Å². The third-order valence-corrected chi connectivity index (χ3v) is 3.87. The Labute approximate surface area is 102 Å². The minimum atomic E-state index is -0.226. The molecule has 0 amide bonds. The molecule has 2 rings (SSSR count). The van der Waals surface area contributed by atoms with E-state index in [0.717, 1.165) is 32.1 Å². The molecule has 2 heteroatoms. The zero-order chi connectivity index (χ0) is 11.4. The summed E-state index contributed by atoms with van der Waals surface area (Å²) in [7, 11) is 0. The first-order chi connectivity index (χ1) is 7.79. The minimum absolute atomic E-state index is 0.226. The van der Waals surface area contributed by atoms with Crippen LogP contribution >= 0.6 is 11.6 Å². The molecule has 1 fully saturated rings. The van der Waals surface area contributed by atoms with Crippen molar-refractivity contribution in [3.8, 4) is 0 Å². The third kappa shape index (κ3) is 2.01. The molecule has 1 nitrogen and oxygen atoms in total. The first-order valence-corrected chi connectivity index (χ1v) is 6.48. The fourth-order valence-corrected chi connectivity index (χ4v) is 2.90. The molecule has 0 aliphatic heterocycles. The molecule has 0 radical (unpaired) electrons. The number of hydrogen-bond acceptors (Lipinski definition) is 1. The van der Waals surface area contributed by atoms with Crippen molar-refractivity contribution in [1.82, 2.24) is 0 Å². The van der Waals surface area contributed by atoms with Gasteiger partial charge in [0, 0.05) is 12.3 Å². The molecule has 0 bridgehead atoms. The van der Waals surface area contributed by atoms with Gasteiger partial charge in [0.1, 0.15) is 5.78 Å². The van der Waals surface area contributed by atoms with Crippen LogP contribution < -0.4 is 0 Å². The number of carbonyl (C=O) groups excluding carboxylic acids is 1. The van der Waals surface area contributed by atoms with E-state index >= 15 is 0 Å². The van der Waals surface area contributed by atoms with E-state index in [4.69, 9.17) is 11.6 Å². The van der Waals surface area contributed by atoms with Crippen LogP contribution in [0.2, 0.25) is 0 Å². The molecule has 0 heterocycles. The Balaban J connectivity index is 2.31. The monoisotopic (exact) mass is 236 g/mol. The van der Waals surface area contributed by atoms with Gasteiger partial charge in [-0.2, -0.15) is 0 Å². The summed E-state index contributed by atoms with van der Waals surface area (Å²) in [4.78, 5) is 12.2. The number of carbonyl (C=O) groups is 1. The van der Waals surface area contributed by atoms with E-state index in [2.05, 4.69) is 12.1 Å². The van der Waals surface area contributed by atoms with Crippen LogP contribution in [0.5, 0.6) is 0 Å². The van der Waals surface area contributed by atoms with E-state index in [-0.39, 0.29) is 5.41 Å². The summed E-state index contributed by atoms with van der Waals surface area (Å²) in [5.41, 5.74) is 0.957. The SMILES string of the molecule is O=C1CCCC1(CCCCl)c1ccccc1. The molecule has 0 N–H and O–H groups in total. The van der Waals surface area contributed by atoms with Gasteiger partial charge in [-0.1, -0.05) is 30.3 Å². The lowest BCUT2D eigenvalue weighted by Crippen LogP contribution is -2.31. The second-order valence-electron chi connectivity index (χ2n) is 4.52. The molecule has 1 atom stereocenters. The second-order valence-corrected chi connectivity index (χ2v) is 4.90. The van der Waals surface area contributed by atoms with Gasteiger partial charge in [0.15, 0.2) is 0 Å². The van der Waals surface area contributed by atoms with Crippen molar-refractivity contribution in [1.29, 1.82) is 0 Å². The topological polar surface area (TPSA) is 17.1 Å². The van der Waals surface area contributed by atoms with Gasteiger partial charge in [-0.05, 0) is 31.2 Å². The predicted molar refractivity (Wildman–Crippen MR) is 66.9 cm³/mol. The molecular weight excluding hydrogens is 220 g/mol. The molecular formula is C14H17ClO. The van der Waals surface area contributed by atoms with Crippen LogP contribution in [0.4, 0.5) is 0 Å². The molecule has 0 aromatic heterocycles. The Hall–Kier alpha value is -0.820. The quantitative estimate of drug-likeness (QED) is 0.729. The highest BCUT2D eigenvalue weighted by atomic mass is 35.5. The fraction of sp³-hybridized carbons (Fsp3) is 0.500. The highest BCUT2D eigenvalue weighted by Gasteiger charge is 2.42. The van der Waals surface area contributed by atoms with E-state index in [0.29, 0.717) is 11.7 Å². The first kappa shape index (κ1) is 11.7. The van der Waals surface area contributed by atoms with Crippen LogP contribution in [0, 0.1) is 0 Å². The molecule has 1 aliphatic carbocycles. The number of halogens is 1. The summed E-state index contributed by atoms with van der Waals surface area (Å²) in [6, 6.07) is 10.2. The second kappa shape index (κ2) is 5.01. The number of Topliss-reactive ketones (excluding diaryl/α,β-unsaturated/α-hetero) is 1. The maximum atomic E-state index is 12.2. The number of rotatable bonds is 4. The molecule has 0 saturated heterocycles. The van der Waals surface area contributed by atoms with Crippen molar-refractivity contribution in [2.75, 3.05) is 5.88 Å². The highest BCUT2D eigenvalue weighted by Crippen LogP contribution is 2.41. The maximum Gasteiger partial charge on any atom is 0.143 e. The molecule has 1 saturated carbocycles. The molecule has 1 aromatic carbocycles. The Bertz CT molecular complexity index is 360.